The molecule has 2 N–H and O–H groups in total. The zero-order valence-electron chi connectivity index (χ0n) is 18.5. The van der Waals surface area contributed by atoms with Crippen LogP contribution in [0.1, 0.15) is 24.6 Å². The molecule has 0 aromatic carbocycles. The van der Waals surface area contributed by atoms with Crippen molar-refractivity contribution in [2.45, 2.75) is 42.3 Å². The van der Waals surface area contributed by atoms with Crippen LogP contribution in [0.5, 0.6) is 0 Å². The molecule has 0 spiro atoms. The van der Waals surface area contributed by atoms with E-state index in [2.05, 4.69) is 25.7 Å². The minimum absolute atomic E-state index is 0.00852. The van der Waals surface area contributed by atoms with Crippen LogP contribution in [0.2, 0.25) is 5.11 Å². The highest BCUT2D eigenvalue weighted by Crippen LogP contribution is 2.46. The van der Waals surface area contributed by atoms with E-state index in [0.29, 0.717) is 11.9 Å². The normalized spacial score (nSPS) is 19.4. The summed E-state index contributed by atoms with van der Waals surface area (Å²) >= 11 is 0. The van der Waals surface area contributed by atoms with Gasteiger partial charge in [0.1, 0.15) is 16.9 Å². The summed E-state index contributed by atoms with van der Waals surface area (Å²) in [5, 5.41) is 5.54. The summed E-state index contributed by atoms with van der Waals surface area (Å²) < 4.78 is 40.8. The Morgan fingerprint density at radius 2 is 1.82 bits per heavy atom. The number of aromatic nitrogens is 4. The number of alkyl halides is 3. The van der Waals surface area contributed by atoms with Crippen molar-refractivity contribution in [1.29, 1.82) is 0 Å². The van der Waals surface area contributed by atoms with E-state index in [1.165, 1.54) is 6.20 Å². The van der Waals surface area contributed by atoms with Crippen LogP contribution in [0.25, 0.3) is 0 Å². The number of nitrogens with one attached hydrogen (secondary N) is 2. The topological polar surface area (TPSA) is 88.0 Å². The average molecular weight is 456 g/mol. The Bertz CT molecular complexity index is 1090. The Morgan fingerprint density at radius 1 is 1.18 bits per heavy atom. The zero-order chi connectivity index (χ0) is 25.7. The van der Waals surface area contributed by atoms with Crippen LogP contribution in [-0.4, -0.2) is 96.0 Å². The number of anilines is 3. The second-order valence-corrected chi connectivity index (χ2v) is 8.07. The van der Waals surface area contributed by atoms with Crippen LogP contribution in [0.4, 0.5) is 30.6 Å². The van der Waals surface area contributed by atoms with E-state index in [0.717, 1.165) is 9.58 Å². The largest absolute Gasteiger partial charge is 0.421 e. The molecule has 1 aliphatic heterocycles. The number of rotatable bonds is 7. The second-order valence-electron chi connectivity index (χ2n) is 8.07. The fourth-order valence-electron chi connectivity index (χ4n) is 3.74. The number of aryl methyl sites for hydroxylation is 1. The Morgan fingerprint density at radius 3 is 2.32 bits per heavy atom. The van der Waals surface area contributed by atoms with Crippen molar-refractivity contribution in [3.8, 4) is 0 Å². The summed E-state index contributed by atoms with van der Waals surface area (Å²) in [6.07, 6.45) is -2.66. The molecule has 0 aliphatic carbocycles. The molecule has 0 bridgehead atoms. The maximum Gasteiger partial charge on any atom is 0.421 e. The van der Waals surface area contributed by atoms with Crippen LogP contribution < -0.4 is 10.6 Å². The SMILES string of the molecule is [B]C([B])([B])N1CCC(n2cc(Nc3ncc(C(F)(F)F)c(NCC)n3)c(C)n2)(C([B])([B])[B])C1=O. The molecule has 1 saturated heterocycles. The number of amides is 1. The molecule has 2 aromatic rings. The van der Waals surface area contributed by atoms with E-state index < -0.39 is 39.4 Å². The monoisotopic (exact) mass is 457 g/mol. The number of hydrogen-bond donors (Lipinski definition) is 2. The molecule has 3 heterocycles. The van der Waals surface area contributed by atoms with Gasteiger partial charge in [-0.15, -0.1) is 0 Å². The van der Waals surface area contributed by atoms with Gasteiger partial charge in [-0.3, -0.25) is 9.48 Å². The van der Waals surface area contributed by atoms with Gasteiger partial charge < -0.3 is 15.5 Å². The molecular formula is C17H16B6F3N7O. The van der Waals surface area contributed by atoms with E-state index in [1.807, 2.05) is 0 Å². The smallest absolute Gasteiger partial charge is 0.370 e. The fraction of sp³-hybridized carbons (Fsp3) is 0.529. The van der Waals surface area contributed by atoms with Crippen LogP contribution in [0.3, 0.4) is 0 Å². The van der Waals surface area contributed by atoms with E-state index in [9.17, 15) is 18.0 Å². The van der Waals surface area contributed by atoms with Gasteiger partial charge in [0.25, 0.3) is 0 Å². The number of carbonyl (C=O) groups is 1. The van der Waals surface area contributed by atoms with Gasteiger partial charge in [0, 0.05) is 25.5 Å². The van der Waals surface area contributed by atoms with E-state index in [4.69, 9.17) is 47.1 Å². The molecule has 8 nitrogen and oxygen atoms in total. The standard InChI is InChI=1S/C17H16B6F3N7O/c1-3-27-11-9(15(24,25)26)6-28-13(30-11)29-10-7-33(31-8(10)2)14(16(18,19)20)4-5-32(12(14)34)17(21,22)23/h6-7H,3-5H2,1-2H3,(H2,27,28,29,30). The van der Waals surface area contributed by atoms with Crippen molar-refractivity contribution in [1.82, 2.24) is 24.6 Å². The first-order chi connectivity index (χ1) is 15.5. The third kappa shape index (κ3) is 4.57. The highest BCUT2D eigenvalue weighted by molar-refractivity contribution is 6.62. The van der Waals surface area contributed by atoms with Crippen LogP contribution >= 0.6 is 0 Å². The van der Waals surface area contributed by atoms with Crippen molar-refractivity contribution in [2.75, 3.05) is 23.7 Å². The summed E-state index contributed by atoms with van der Waals surface area (Å²) in [6, 6.07) is 0. The van der Waals surface area contributed by atoms with Gasteiger partial charge in [-0.1, -0.05) is 10.4 Å². The van der Waals surface area contributed by atoms with E-state index in [1.54, 1.807) is 13.8 Å². The maximum atomic E-state index is 13.3. The lowest BCUT2D eigenvalue weighted by Crippen LogP contribution is -2.58. The fourth-order valence-corrected chi connectivity index (χ4v) is 3.74. The van der Waals surface area contributed by atoms with Crippen LogP contribution in [-0.2, 0) is 16.5 Å². The predicted octanol–water partition coefficient (Wildman–Crippen LogP) is -0.201. The summed E-state index contributed by atoms with van der Waals surface area (Å²) in [5.41, 5.74) is -2.24. The Labute approximate surface area is 203 Å². The van der Waals surface area contributed by atoms with Crippen LogP contribution in [0, 0.1) is 6.92 Å². The predicted molar refractivity (Wildman–Crippen MR) is 126 cm³/mol. The van der Waals surface area contributed by atoms with E-state index in [-0.39, 0.29) is 31.1 Å². The summed E-state index contributed by atoms with van der Waals surface area (Å²) in [5.74, 6) is -1.29. The quantitative estimate of drug-likeness (QED) is 0.562. The van der Waals surface area contributed by atoms with Gasteiger partial charge in [0.15, 0.2) is 0 Å². The molecule has 34 heavy (non-hydrogen) atoms. The van der Waals surface area contributed by atoms with Crippen molar-refractivity contribution >= 4 is 70.4 Å². The molecule has 17 heteroatoms. The molecule has 1 fully saturated rings. The van der Waals surface area contributed by atoms with Crippen molar-refractivity contribution < 1.29 is 18.0 Å². The van der Waals surface area contributed by atoms with Gasteiger partial charge in [0.2, 0.25) is 11.9 Å². The van der Waals surface area contributed by atoms with Crippen molar-refractivity contribution in [3.05, 3.63) is 23.7 Å². The minimum atomic E-state index is -4.64. The third-order valence-electron chi connectivity index (χ3n) is 5.45. The van der Waals surface area contributed by atoms with Crippen LogP contribution in [0.15, 0.2) is 12.4 Å². The molecule has 2 aromatic heterocycles. The lowest BCUT2D eigenvalue weighted by Gasteiger charge is -2.43. The number of carbonyl (C=O) groups excluding carboxylic acids is 1. The van der Waals surface area contributed by atoms with Gasteiger partial charge in [0.05, 0.1) is 58.5 Å². The highest BCUT2D eigenvalue weighted by Gasteiger charge is 2.56. The zero-order valence-corrected chi connectivity index (χ0v) is 18.5. The number of halogens is 3. The summed E-state index contributed by atoms with van der Waals surface area (Å²) in [7, 11) is 35.0. The van der Waals surface area contributed by atoms with Crippen molar-refractivity contribution in [2.24, 2.45) is 0 Å². The highest BCUT2D eigenvalue weighted by atomic mass is 19.4. The minimum Gasteiger partial charge on any atom is -0.370 e. The molecule has 12 radical (unpaired) electrons. The Balaban J connectivity index is 2.01. The average Bonchev–Trinajstić information content (AvgIpc) is 3.21. The van der Waals surface area contributed by atoms with Gasteiger partial charge >= 0.3 is 6.18 Å². The lowest BCUT2D eigenvalue weighted by atomic mass is 9.34. The molecule has 1 aliphatic rings. The number of likely N-dealkylation sites (tertiary alicyclic amines) is 1. The molecule has 164 valence electrons. The second kappa shape index (κ2) is 8.64. The first kappa shape index (κ1) is 26.1. The molecule has 3 rings (SSSR count). The molecule has 1 amide bonds. The Kier molecular flexibility index (Phi) is 6.64. The van der Waals surface area contributed by atoms with Crippen molar-refractivity contribution in [3.63, 3.8) is 0 Å². The van der Waals surface area contributed by atoms with E-state index >= 15 is 0 Å². The van der Waals surface area contributed by atoms with Gasteiger partial charge in [-0.25, -0.2) is 4.98 Å². The summed E-state index contributed by atoms with van der Waals surface area (Å²) in [6.45, 7) is 3.39. The Hall–Kier alpha value is -2.46. The molecule has 0 saturated carbocycles. The molecular weight excluding hydrogens is 440 g/mol. The number of nitrogens with zero attached hydrogens (tertiary/aromatic N) is 5. The molecule has 1 atom stereocenters. The first-order valence-corrected chi connectivity index (χ1v) is 10.1. The van der Waals surface area contributed by atoms with Gasteiger partial charge in [-0.05, 0) is 20.3 Å². The lowest BCUT2D eigenvalue weighted by molar-refractivity contribution is -0.137. The first-order valence-electron chi connectivity index (χ1n) is 10.1. The third-order valence-corrected chi connectivity index (χ3v) is 5.45. The molecule has 1 unspecified atom stereocenters. The maximum absolute atomic E-state index is 13.3. The number of hydrogen-bond acceptors (Lipinski definition) is 6. The summed E-state index contributed by atoms with van der Waals surface area (Å²) in [4.78, 5) is 21.9. The van der Waals surface area contributed by atoms with Gasteiger partial charge in [-0.2, -0.15) is 23.3 Å².